The summed E-state index contributed by atoms with van der Waals surface area (Å²) in [5, 5.41) is 8.92. The molecule has 1 N–H and O–H groups in total. The Morgan fingerprint density at radius 2 is 2.00 bits per heavy atom. The highest BCUT2D eigenvalue weighted by Gasteiger charge is 2.20. The van der Waals surface area contributed by atoms with E-state index in [1.807, 2.05) is 32.0 Å². The Hall–Kier alpha value is -3.92. The van der Waals surface area contributed by atoms with E-state index in [0.29, 0.717) is 21.7 Å². The minimum atomic E-state index is -0.493. The molecule has 5 aromatic rings. The van der Waals surface area contributed by atoms with Crippen LogP contribution in [0.5, 0.6) is 0 Å². The van der Waals surface area contributed by atoms with Crippen LogP contribution in [0.2, 0.25) is 0 Å². The van der Waals surface area contributed by atoms with Crippen molar-refractivity contribution in [1.82, 2.24) is 18.7 Å². The number of aromatic nitrogens is 4. The van der Waals surface area contributed by atoms with Gasteiger partial charge in [0, 0.05) is 5.69 Å². The number of benzene rings is 1. The summed E-state index contributed by atoms with van der Waals surface area (Å²) in [5.74, 6) is 0.326. The van der Waals surface area contributed by atoms with Crippen molar-refractivity contribution in [3.05, 3.63) is 85.8 Å². The molecular weight excluding hydrogens is 430 g/mol. The van der Waals surface area contributed by atoms with Crippen LogP contribution in [0.25, 0.3) is 16.0 Å². The highest BCUT2D eigenvalue weighted by atomic mass is 32.1. The number of furan rings is 1. The van der Waals surface area contributed by atoms with Crippen molar-refractivity contribution in [2.24, 2.45) is 0 Å². The molecule has 0 aliphatic carbocycles. The van der Waals surface area contributed by atoms with E-state index < -0.39 is 5.69 Å². The molecular formula is C22H19N5O4S. The highest BCUT2D eigenvalue weighted by molar-refractivity contribution is 7.17. The fourth-order valence-corrected chi connectivity index (χ4v) is 4.47. The molecule has 5 rings (SSSR count). The lowest BCUT2D eigenvalue weighted by atomic mass is 10.1. The minimum Gasteiger partial charge on any atom is -0.467 e. The number of carbonyl (C=O) groups is 1. The molecule has 0 bridgehead atoms. The molecule has 10 heteroatoms. The van der Waals surface area contributed by atoms with Gasteiger partial charge in [0.05, 0.1) is 18.3 Å². The largest absolute Gasteiger partial charge is 0.467 e. The number of thiophene rings is 1. The van der Waals surface area contributed by atoms with Gasteiger partial charge in [0.15, 0.2) is 0 Å². The van der Waals surface area contributed by atoms with Crippen LogP contribution in [-0.4, -0.2) is 24.7 Å². The fraction of sp³-hybridized carbons (Fsp3) is 0.182. The molecule has 0 unspecified atom stereocenters. The number of hydrogen-bond acceptors (Lipinski definition) is 6. The van der Waals surface area contributed by atoms with Crippen molar-refractivity contribution >= 4 is 38.9 Å². The van der Waals surface area contributed by atoms with E-state index in [4.69, 9.17) is 4.42 Å². The number of amides is 1. The van der Waals surface area contributed by atoms with Crippen molar-refractivity contribution in [2.75, 3.05) is 5.32 Å². The molecule has 32 heavy (non-hydrogen) atoms. The summed E-state index contributed by atoms with van der Waals surface area (Å²) in [6, 6.07) is 10.8. The van der Waals surface area contributed by atoms with Gasteiger partial charge in [0.2, 0.25) is 11.7 Å². The number of anilines is 1. The molecule has 0 spiro atoms. The Kier molecular flexibility index (Phi) is 4.78. The zero-order chi connectivity index (χ0) is 22.4. The summed E-state index contributed by atoms with van der Waals surface area (Å²) < 4.78 is 9.64. The van der Waals surface area contributed by atoms with Gasteiger partial charge in [-0.05, 0) is 54.6 Å². The first-order valence-corrected chi connectivity index (χ1v) is 10.8. The SMILES string of the molecule is Cc1cccc(NC(=O)Cn2nc3n(Cc4ccco4)c(=O)c4sccc4n3c2=O)c1C. The number of rotatable bonds is 5. The van der Waals surface area contributed by atoms with Gasteiger partial charge in [-0.25, -0.2) is 13.9 Å². The summed E-state index contributed by atoms with van der Waals surface area (Å²) in [6.07, 6.45) is 1.52. The normalized spacial score (nSPS) is 11.4. The molecule has 4 heterocycles. The lowest BCUT2D eigenvalue weighted by Gasteiger charge is -2.09. The van der Waals surface area contributed by atoms with Crippen LogP contribution in [0.4, 0.5) is 5.69 Å². The van der Waals surface area contributed by atoms with Crippen LogP contribution in [-0.2, 0) is 17.9 Å². The predicted octanol–water partition coefficient (Wildman–Crippen LogP) is 2.77. The third-order valence-corrected chi connectivity index (χ3v) is 6.35. The molecule has 1 amide bonds. The second-order valence-electron chi connectivity index (χ2n) is 7.48. The molecule has 4 aromatic heterocycles. The molecule has 0 aliphatic heterocycles. The number of aryl methyl sites for hydroxylation is 1. The van der Waals surface area contributed by atoms with E-state index in [0.717, 1.165) is 15.8 Å². The Morgan fingerprint density at radius 3 is 2.78 bits per heavy atom. The Labute approximate surface area is 185 Å². The maximum atomic E-state index is 13.2. The first-order chi connectivity index (χ1) is 15.4. The van der Waals surface area contributed by atoms with Gasteiger partial charge >= 0.3 is 5.69 Å². The summed E-state index contributed by atoms with van der Waals surface area (Å²) in [6.45, 7) is 3.72. The van der Waals surface area contributed by atoms with Crippen molar-refractivity contribution in [1.29, 1.82) is 0 Å². The average Bonchev–Trinajstić information content (AvgIpc) is 3.50. The van der Waals surface area contributed by atoms with Crippen LogP contribution >= 0.6 is 11.3 Å². The molecule has 162 valence electrons. The Balaban J connectivity index is 1.58. The zero-order valence-electron chi connectivity index (χ0n) is 17.4. The number of fused-ring (bicyclic) bond motifs is 3. The van der Waals surface area contributed by atoms with Gasteiger partial charge in [0.1, 0.15) is 17.0 Å². The first-order valence-electron chi connectivity index (χ1n) is 9.92. The van der Waals surface area contributed by atoms with Crippen LogP contribution in [0.1, 0.15) is 16.9 Å². The zero-order valence-corrected chi connectivity index (χ0v) is 18.2. The van der Waals surface area contributed by atoms with Crippen molar-refractivity contribution in [3.63, 3.8) is 0 Å². The summed E-state index contributed by atoms with van der Waals surface area (Å²) in [5.41, 5.74) is 2.40. The van der Waals surface area contributed by atoms with E-state index in [9.17, 15) is 14.4 Å². The van der Waals surface area contributed by atoms with Gasteiger partial charge < -0.3 is 9.73 Å². The van der Waals surface area contributed by atoms with Crippen LogP contribution in [0.3, 0.4) is 0 Å². The highest BCUT2D eigenvalue weighted by Crippen LogP contribution is 2.19. The van der Waals surface area contributed by atoms with Gasteiger partial charge in [-0.15, -0.1) is 16.4 Å². The summed E-state index contributed by atoms with van der Waals surface area (Å²) in [4.78, 5) is 38.9. The van der Waals surface area contributed by atoms with E-state index in [1.165, 1.54) is 26.6 Å². The number of nitrogens with one attached hydrogen (secondary N) is 1. The van der Waals surface area contributed by atoms with Gasteiger partial charge in [0.25, 0.3) is 5.56 Å². The molecule has 1 aromatic carbocycles. The molecule has 0 saturated heterocycles. The minimum absolute atomic E-state index is 0.119. The molecule has 9 nitrogen and oxygen atoms in total. The van der Waals surface area contributed by atoms with Crippen molar-refractivity contribution in [2.45, 2.75) is 26.9 Å². The van der Waals surface area contributed by atoms with E-state index in [2.05, 4.69) is 10.4 Å². The number of nitrogens with zero attached hydrogens (tertiary/aromatic N) is 4. The smallest absolute Gasteiger partial charge is 0.352 e. The Morgan fingerprint density at radius 1 is 1.16 bits per heavy atom. The molecule has 0 fully saturated rings. The van der Waals surface area contributed by atoms with Crippen LogP contribution in [0.15, 0.2) is 62.0 Å². The fourth-order valence-electron chi connectivity index (χ4n) is 3.65. The van der Waals surface area contributed by atoms with Crippen molar-refractivity contribution in [3.8, 4) is 0 Å². The number of hydrogen-bond donors (Lipinski definition) is 1. The van der Waals surface area contributed by atoms with Crippen LogP contribution < -0.4 is 16.6 Å². The predicted molar refractivity (Wildman–Crippen MR) is 121 cm³/mol. The Bertz CT molecular complexity index is 1590. The van der Waals surface area contributed by atoms with E-state index in [1.54, 1.807) is 23.6 Å². The molecule has 0 saturated carbocycles. The molecule has 0 aliphatic rings. The average molecular weight is 449 g/mol. The topological polar surface area (TPSA) is 104 Å². The second kappa shape index (κ2) is 7.65. The molecule has 0 radical (unpaired) electrons. The first kappa shape index (κ1) is 20.0. The quantitative estimate of drug-likeness (QED) is 0.444. The van der Waals surface area contributed by atoms with Crippen LogP contribution in [0, 0.1) is 13.8 Å². The summed E-state index contributed by atoms with van der Waals surface area (Å²) >= 11 is 1.25. The second-order valence-corrected chi connectivity index (χ2v) is 8.39. The van der Waals surface area contributed by atoms with E-state index in [-0.39, 0.29) is 30.3 Å². The van der Waals surface area contributed by atoms with Gasteiger partial charge in [-0.2, -0.15) is 0 Å². The third-order valence-electron chi connectivity index (χ3n) is 5.45. The monoisotopic (exact) mass is 449 g/mol. The van der Waals surface area contributed by atoms with Crippen molar-refractivity contribution < 1.29 is 9.21 Å². The standard InChI is InChI=1S/C22H19N5O4S/c1-13-5-3-7-16(14(13)2)23-18(28)12-26-22(30)27-17-8-10-32-19(17)20(29)25(21(27)24-26)11-15-6-4-9-31-15/h3-10H,11-12H2,1-2H3,(H,23,28). The maximum absolute atomic E-state index is 13.2. The number of carbonyl (C=O) groups excluding carboxylic acids is 1. The third kappa shape index (κ3) is 3.25. The maximum Gasteiger partial charge on any atom is 0.352 e. The summed E-state index contributed by atoms with van der Waals surface area (Å²) in [7, 11) is 0. The molecule has 0 atom stereocenters. The lowest BCUT2D eigenvalue weighted by molar-refractivity contribution is -0.117. The lowest BCUT2D eigenvalue weighted by Crippen LogP contribution is -2.29. The van der Waals surface area contributed by atoms with E-state index >= 15 is 0 Å². The van der Waals surface area contributed by atoms with Gasteiger partial charge in [-0.3, -0.25) is 14.2 Å². The van der Waals surface area contributed by atoms with Gasteiger partial charge in [-0.1, -0.05) is 12.1 Å².